The molecule has 0 aliphatic carbocycles. The molecule has 0 saturated heterocycles. The van der Waals surface area contributed by atoms with E-state index in [0.29, 0.717) is 12.6 Å². The van der Waals surface area contributed by atoms with E-state index < -0.39 is 0 Å². The molecule has 0 saturated carbocycles. The van der Waals surface area contributed by atoms with E-state index in [1.54, 1.807) is 7.11 Å². The monoisotopic (exact) mass is 449 g/mol. The van der Waals surface area contributed by atoms with Gasteiger partial charge < -0.3 is 20.1 Å². The molecule has 0 bridgehead atoms. The van der Waals surface area contributed by atoms with Gasteiger partial charge in [-0.2, -0.15) is 0 Å². The van der Waals surface area contributed by atoms with E-state index in [-0.39, 0.29) is 24.0 Å². The lowest BCUT2D eigenvalue weighted by Gasteiger charge is -2.14. The lowest BCUT2D eigenvalue weighted by Crippen LogP contribution is -2.41. The summed E-state index contributed by atoms with van der Waals surface area (Å²) in [5.74, 6) is 2.47. The van der Waals surface area contributed by atoms with Crippen molar-refractivity contribution in [2.75, 3.05) is 26.8 Å². The maximum atomic E-state index is 5.62. The van der Waals surface area contributed by atoms with Crippen molar-refractivity contribution in [1.82, 2.24) is 10.6 Å². The molecule has 0 radical (unpaired) electrons. The number of ether oxygens (including phenoxy) is 2. The molecule has 6 heteroatoms. The fourth-order valence-corrected chi connectivity index (χ4v) is 2.21. The van der Waals surface area contributed by atoms with Crippen molar-refractivity contribution < 1.29 is 9.47 Å². The highest BCUT2D eigenvalue weighted by molar-refractivity contribution is 14.0. The van der Waals surface area contributed by atoms with Gasteiger partial charge in [0.15, 0.2) is 17.5 Å². The summed E-state index contributed by atoms with van der Waals surface area (Å²) in [6.45, 7) is 10.6. The van der Waals surface area contributed by atoms with Crippen molar-refractivity contribution in [2.45, 2.75) is 46.6 Å². The number of hydrogen-bond acceptors (Lipinski definition) is 3. The van der Waals surface area contributed by atoms with Crippen LogP contribution < -0.4 is 20.1 Å². The summed E-state index contributed by atoms with van der Waals surface area (Å²) < 4.78 is 10.9. The largest absolute Gasteiger partial charge is 0.493 e. The summed E-state index contributed by atoms with van der Waals surface area (Å²) in [6, 6.07) is 6.49. The van der Waals surface area contributed by atoms with Crippen LogP contribution >= 0.6 is 24.0 Å². The lowest BCUT2D eigenvalue weighted by molar-refractivity contribution is 0.310. The van der Waals surface area contributed by atoms with Gasteiger partial charge in [0.25, 0.3) is 0 Å². The predicted molar refractivity (Wildman–Crippen MR) is 112 cm³/mol. The van der Waals surface area contributed by atoms with E-state index >= 15 is 0 Å². The van der Waals surface area contributed by atoms with Crippen LogP contribution in [0.2, 0.25) is 0 Å². The third kappa shape index (κ3) is 8.61. The van der Waals surface area contributed by atoms with Crippen LogP contribution in [-0.2, 0) is 6.42 Å². The average molecular weight is 449 g/mol. The summed E-state index contributed by atoms with van der Waals surface area (Å²) in [7, 11) is 1.66. The van der Waals surface area contributed by atoms with Crippen molar-refractivity contribution in [3.05, 3.63) is 23.8 Å². The molecule has 1 aromatic carbocycles. The molecule has 5 nitrogen and oxygen atoms in total. The Morgan fingerprint density at radius 1 is 1.21 bits per heavy atom. The molecule has 1 aromatic rings. The van der Waals surface area contributed by atoms with Crippen LogP contribution in [0.1, 0.15) is 39.7 Å². The smallest absolute Gasteiger partial charge is 0.191 e. The highest BCUT2D eigenvalue weighted by atomic mass is 127. The molecule has 0 atom stereocenters. The number of guanidine groups is 1. The topological polar surface area (TPSA) is 54.9 Å². The quantitative estimate of drug-likeness (QED) is 0.262. The normalized spacial score (nSPS) is 11.0. The Hall–Kier alpha value is -1.18. The first kappa shape index (κ1) is 22.8. The van der Waals surface area contributed by atoms with Crippen LogP contribution in [0.5, 0.6) is 11.5 Å². The summed E-state index contributed by atoms with van der Waals surface area (Å²) in [4.78, 5) is 4.60. The number of aliphatic imine (C=N–C) groups is 1. The van der Waals surface area contributed by atoms with Crippen LogP contribution in [0.3, 0.4) is 0 Å². The standard InChI is InChI=1S/C18H31N3O2.HI/c1-6-19-18(21-14(3)4)20-12-8-9-15-10-11-16(22-5)17(13-15)23-7-2;/h10-11,13-14H,6-9,12H2,1-5H3,(H2,19,20,21);1H. The Morgan fingerprint density at radius 3 is 2.54 bits per heavy atom. The molecule has 1 rings (SSSR count). The summed E-state index contributed by atoms with van der Waals surface area (Å²) >= 11 is 0. The molecular formula is C18H32IN3O2. The number of rotatable bonds is 9. The molecule has 0 aliphatic rings. The number of nitrogens with zero attached hydrogens (tertiary/aromatic N) is 1. The predicted octanol–water partition coefficient (Wildman–Crippen LogP) is 3.61. The summed E-state index contributed by atoms with van der Waals surface area (Å²) in [5.41, 5.74) is 1.24. The minimum Gasteiger partial charge on any atom is -0.493 e. The van der Waals surface area contributed by atoms with Gasteiger partial charge in [-0.15, -0.1) is 24.0 Å². The Labute approximate surface area is 163 Å². The molecule has 0 aromatic heterocycles. The fourth-order valence-electron chi connectivity index (χ4n) is 2.21. The minimum atomic E-state index is 0. The Morgan fingerprint density at radius 2 is 1.96 bits per heavy atom. The third-order valence-electron chi connectivity index (χ3n) is 3.19. The van der Waals surface area contributed by atoms with Gasteiger partial charge in [-0.3, -0.25) is 4.99 Å². The maximum absolute atomic E-state index is 5.62. The third-order valence-corrected chi connectivity index (χ3v) is 3.19. The number of hydrogen-bond donors (Lipinski definition) is 2. The van der Waals surface area contributed by atoms with E-state index in [2.05, 4.69) is 48.5 Å². The molecule has 0 aliphatic heterocycles. The van der Waals surface area contributed by atoms with E-state index in [0.717, 1.165) is 43.4 Å². The molecular weight excluding hydrogens is 417 g/mol. The Balaban J connectivity index is 0.00000529. The highest BCUT2D eigenvalue weighted by Gasteiger charge is 2.05. The molecule has 0 unspecified atom stereocenters. The minimum absolute atomic E-state index is 0. The number of methoxy groups -OCH3 is 1. The summed E-state index contributed by atoms with van der Waals surface area (Å²) in [5, 5.41) is 6.58. The van der Waals surface area contributed by atoms with Crippen LogP contribution in [0.15, 0.2) is 23.2 Å². The lowest BCUT2D eigenvalue weighted by atomic mass is 10.1. The molecule has 2 N–H and O–H groups in total. The molecule has 0 spiro atoms. The Kier molecular flexibility index (Phi) is 12.5. The van der Waals surface area contributed by atoms with Crippen molar-refractivity contribution in [3.8, 4) is 11.5 Å². The molecule has 138 valence electrons. The van der Waals surface area contributed by atoms with E-state index in [1.165, 1.54) is 5.56 Å². The van der Waals surface area contributed by atoms with Gasteiger partial charge >= 0.3 is 0 Å². The van der Waals surface area contributed by atoms with Crippen LogP contribution in [0.4, 0.5) is 0 Å². The molecule has 24 heavy (non-hydrogen) atoms. The zero-order valence-corrected chi connectivity index (χ0v) is 17.8. The van der Waals surface area contributed by atoms with Gasteiger partial charge in [-0.1, -0.05) is 6.07 Å². The van der Waals surface area contributed by atoms with Gasteiger partial charge in [-0.25, -0.2) is 0 Å². The Bertz CT molecular complexity index is 493. The van der Waals surface area contributed by atoms with Crippen molar-refractivity contribution in [1.29, 1.82) is 0 Å². The van der Waals surface area contributed by atoms with Crippen LogP contribution in [0.25, 0.3) is 0 Å². The van der Waals surface area contributed by atoms with Gasteiger partial charge in [0, 0.05) is 19.1 Å². The van der Waals surface area contributed by atoms with Gasteiger partial charge in [0.2, 0.25) is 0 Å². The van der Waals surface area contributed by atoms with E-state index in [9.17, 15) is 0 Å². The number of aryl methyl sites for hydroxylation is 1. The van der Waals surface area contributed by atoms with Crippen LogP contribution in [0, 0.1) is 0 Å². The molecule has 0 amide bonds. The van der Waals surface area contributed by atoms with Gasteiger partial charge in [0.1, 0.15) is 0 Å². The highest BCUT2D eigenvalue weighted by Crippen LogP contribution is 2.28. The summed E-state index contributed by atoms with van der Waals surface area (Å²) in [6.07, 6.45) is 1.96. The second-order valence-electron chi connectivity index (χ2n) is 5.58. The number of nitrogens with one attached hydrogen (secondary N) is 2. The first-order valence-corrected chi connectivity index (χ1v) is 8.45. The van der Waals surface area contributed by atoms with Gasteiger partial charge in [-0.05, 0) is 58.2 Å². The van der Waals surface area contributed by atoms with Crippen LogP contribution in [-0.4, -0.2) is 38.8 Å². The molecule has 0 heterocycles. The first-order valence-electron chi connectivity index (χ1n) is 8.45. The second-order valence-corrected chi connectivity index (χ2v) is 5.58. The SMILES string of the molecule is CCNC(=NCCCc1ccc(OC)c(OCC)c1)NC(C)C.I. The fraction of sp³-hybridized carbons (Fsp3) is 0.611. The maximum Gasteiger partial charge on any atom is 0.191 e. The van der Waals surface area contributed by atoms with Crippen molar-refractivity contribution in [2.24, 2.45) is 4.99 Å². The van der Waals surface area contributed by atoms with Gasteiger partial charge in [0.05, 0.1) is 13.7 Å². The number of benzene rings is 1. The molecule has 0 fully saturated rings. The van der Waals surface area contributed by atoms with Crippen molar-refractivity contribution >= 4 is 29.9 Å². The first-order chi connectivity index (χ1) is 11.1. The van der Waals surface area contributed by atoms with E-state index in [4.69, 9.17) is 9.47 Å². The average Bonchev–Trinajstić information content (AvgIpc) is 2.51. The number of halogens is 1. The van der Waals surface area contributed by atoms with Crippen molar-refractivity contribution in [3.63, 3.8) is 0 Å². The zero-order chi connectivity index (χ0) is 17.1. The zero-order valence-electron chi connectivity index (χ0n) is 15.5. The van der Waals surface area contributed by atoms with E-state index in [1.807, 2.05) is 13.0 Å². The second kappa shape index (κ2) is 13.1.